The number of Topliss-reactive ketones (excluding diaryl/α,β-unsaturated/α-hetero) is 1. The summed E-state index contributed by atoms with van der Waals surface area (Å²) in [5, 5.41) is 32.3. The van der Waals surface area contributed by atoms with Crippen LogP contribution >= 0.6 is 0 Å². The van der Waals surface area contributed by atoms with E-state index in [2.05, 4.69) is 75.7 Å². The van der Waals surface area contributed by atoms with E-state index in [0.29, 0.717) is 62.5 Å². The number of ketones is 1. The van der Waals surface area contributed by atoms with Gasteiger partial charge in [0.1, 0.15) is 12.2 Å². The van der Waals surface area contributed by atoms with E-state index in [4.69, 9.17) is 15.2 Å². The molecule has 0 bridgehead atoms. The highest BCUT2D eigenvalue weighted by molar-refractivity contribution is 5.90. The molecule has 0 amide bonds. The fourth-order valence-electron chi connectivity index (χ4n) is 17.4. The number of esters is 1. The Morgan fingerprint density at radius 2 is 1.71 bits per heavy atom. The molecule has 378 valence electrons. The largest absolute Gasteiger partial charge is 0.481 e. The van der Waals surface area contributed by atoms with Crippen LogP contribution in [0, 0.1) is 81.3 Å². The third kappa shape index (κ3) is 9.20. The predicted octanol–water partition coefficient (Wildman–Crippen LogP) is 9.80. The molecule has 17 atom stereocenters. The number of aliphatic hydroxyl groups excluding tert-OH is 2. The van der Waals surface area contributed by atoms with Crippen molar-refractivity contribution in [3.05, 3.63) is 52.6 Å². The average Bonchev–Trinajstić information content (AvgIpc) is 3.85. The van der Waals surface area contributed by atoms with Gasteiger partial charge in [-0.25, -0.2) is 0 Å². The Morgan fingerprint density at radius 3 is 2.45 bits per heavy atom. The average molecular weight is 949 g/mol. The molecule has 0 saturated heterocycles. The van der Waals surface area contributed by atoms with Crippen molar-refractivity contribution in [2.75, 3.05) is 31.6 Å². The lowest BCUT2D eigenvalue weighted by Gasteiger charge is -2.64. The van der Waals surface area contributed by atoms with Gasteiger partial charge in [-0.2, -0.15) is 0 Å². The molecule has 6 fully saturated rings. The van der Waals surface area contributed by atoms with Gasteiger partial charge in [-0.15, -0.1) is 5.92 Å². The molecule has 10 nitrogen and oxygen atoms in total. The number of fused-ring (bicyclic) bond motifs is 9. The number of allylic oxidation sites excluding steroid dienone is 3. The Bertz CT molecular complexity index is 2210. The van der Waals surface area contributed by atoms with Crippen LogP contribution in [0.25, 0.3) is 0 Å². The smallest absolute Gasteiger partial charge is 0.306 e. The number of carbonyl (C=O) groups is 3. The molecule has 0 aliphatic heterocycles. The number of carboxylic acid groups (broad SMARTS) is 1. The molecule has 8 aliphatic carbocycles. The molecule has 10 heteroatoms. The summed E-state index contributed by atoms with van der Waals surface area (Å²) in [6.07, 6.45) is 14.9. The predicted molar refractivity (Wildman–Crippen MR) is 269 cm³/mol. The number of nitrogens with two attached hydrogens (primary N) is 1. The molecule has 3 unspecified atom stereocenters. The molecule has 0 heterocycles. The Kier molecular flexibility index (Phi) is 14.8. The molecule has 1 aromatic rings. The number of likely N-dealkylation sites (N-methyl/N-ethyl adjacent to an activating group) is 1. The van der Waals surface area contributed by atoms with Crippen molar-refractivity contribution in [2.24, 2.45) is 75.2 Å². The molecule has 1 aromatic carbocycles. The number of aliphatic hydroxyl groups is 2. The summed E-state index contributed by atoms with van der Waals surface area (Å²) in [6.45, 7) is 13.3. The van der Waals surface area contributed by atoms with Gasteiger partial charge in [-0.05, 0) is 202 Å². The molecular weight excluding hydrogens is 865 g/mol. The topological polar surface area (TPSA) is 160 Å². The van der Waals surface area contributed by atoms with Crippen LogP contribution in [0.2, 0.25) is 0 Å². The third-order valence-electron chi connectivity index (χ3n) is 21.1. The van der Waals surface area contributed by atoms with Crippen molar-refractivity contribution >= 4 is 23.4 Å². The van der Waals surface area contributed by atoms with E-state index in [-0.39, 0.29) is 82.1 Å². The molecule has 9 rings (SSSR count). The van der Waals surface area contributed by atoms with Gasteiger partial charge >= 0.3 is 11.9 Å². The lowest BCUT2D eigenvalue weighted by atomic mass is 9.43. The number of ether oxygens (including phenoxy) is 2. The van der Waals surface area contributed by atoms with E-state index in [9.17, 15) is 29.7 Å². The molecule has 0 spiro atoms. The first-order chi connectivity index (χ1) is 33.0. The van der Waals surface area contributed by atoms with Gasteiger partial charge in [0, 0.05) is 56.3 Å². The molecule has 69 heavy (non-hydrogen) atoms. The van der Waals surface area contributed by atoms with Crippen LogP contribution in [0.3, 0.4) is 0 Å². The second-order valence-electron chi connectivity index (χ2n) is 24.2. The van der Waals surface area contributed by atoms with Crippen LogP contribution in [0.4, 0.5) is 5.69 Å². The van der Waals surface area contributed by atoms with Crippen LogP contribution in [0.15, 0.2) is 47.1 Å². The van der Waals surface area contributed by atoms with Crippen LogP contribution in [0.5, 0.6) is 0 Å². The number of hydrogen-bond donors (Lipinski definition) is 4. The van der Waals surface area contributed by atoms with Crippen LogP contribution in [-0.2, 0) is 23.9 Å². The molecule has 8 aliphatic rings. The quantitative estimate of drug-likeness (QED) is 0.0758. The van der Waals surface area contributed by atoms with Crippen molar-refractivity contribution in [3.8, 4) is 11.8 Å². The van der Waals surface area contributed by atoms with Gasteiger partial charge in [-0.3, -0.25) is 14.4 Å². The number of nitrogens with zero attached hydrogens (tertiary/aromatic N) is 1. The Balaban J connectivity index is 0.872. The second kappa shape index (κ2) is 20.2. The SMILES string of the molecule is CC#C[C@H]1CCC2C3CCC4=CC(O)C(=O)CC4=C3[C@H](c3ccc(N(C)CCO[C@H]4CC[C@@]5(C)[C@@H](C4)C[C@@H](OC(=O)CCCCN)[C@@H]4[C@@H]5C[C@H](O)[C@]5(C)[C@@H]([C@H](C)CCC(=O)O)CC[C@@H]45)cc3)C[C@@]21C. The zero-order chi connectivity index (χ0) is 49.0. The first-order valence-corrected chi connectivity index (χ1v) is 27.3. The Morgan fingerprint density at radius 1 is 0.942 bits per heavy atom. The van der Waals surface area contributed by atoms with Crippen LogP contribution in [-0.4, -0.2) is 84.2 Å². The minimum atomic E-state index is -0.986. The lowest BCUT2D eigenvalue weighted by molar-refractivity contribution is -0.219. The van der Waals surface area contributed by atoms with E-state index >= 15 is 0 Å². The van der Waals surface area contributed by atoms with Gasteiger partial charge in [0.2, 0.25) is 0 Å². The minimum absolute atomic E-state index is 0.000353. The van der Waals surface area contributed by atoms with E-state index in [1.807, 2.05) is 13.0 Å². The molecular formula is C59H84N2O8. The standard InChI is InChI=1S/C59H84N2O8/c1-7-10-38-16-20-46-42-19-15-37-29-49(62)50(63)32-43(37)55(42)44(34-58(38,46)4)36-13-17-40(18-14-36)61(6)27-28-68-41-24-25-57(3)39(30-41)31-51(69-54(67)11-8-9-26-60)56-47-22-21-45(35(2)12-23-53(65)66)59(47,5)52(64)33-48(56)57/h13-14,17-18,29,35,38-39,41-42,44-49,51-52,56,62,64H,8-9,11-12,15-16,19-28,30-34,60H2,1-6H3,(H,65,66)/t35-,38+,39+,41+,42?,44+,45-,46?,47+,48+,49?,51-,52+,56+,57+,58-,59-/m1/s1. The zero-order valence-electron chi connectivity index (χ0n) is 42.7. The van der Waals surface area contributed by atoms with Crippen LogP contribution < -0.4 is 10.6 Å². The number of carbonyl (C=O) groups excluding carboxylic acids is 2. The van der Waals surface area contributed by atoms with E-state index in [0.717, 1.165) is 89.3 Å². The Labute approximate surface area is 413 Å². The monoisotopic (exact) mass is 949 g/mol. The fraction of sp³-hybridized carbons (Fsp3) is 0.746. The van der Waals surface area contributed by atoms with Crippen LogP contribution in [0.1, 0.15) is 162 Å². The van der Waals surface area contributed by atoms with E-state index < -0.39 is 18.2 Å². The number of hydrogen-bond acceptors (Lipinski definition) is 9. The highest BCUT2D eigenvalue weighted by atomic mass is 16.5. The summed E-state index contributed by atoms with van der Waals surface area (Å²) in [5.74, 6) is 8.83. The van der Waals surface area contributed by atoms with E-state index in [1.54, 1.807) is 0 Å². The summed E-state index contributed by atoms with van der Waals surface area (Å²) in [7, 11) is 2.14. The summed E-state index contributed by atoms with van der Waals surface area (Å²) in [4.78, 5) is 40.4. The highest BCUT2D eigenvalue weighted by Gasteiger charge is 2.67. The summed E-state index contributed by atoms with van der Waals surface area (Å²) in [5.41, 5.74) is 11.9. The van der Waals surface area contributed by atoms with E-state index in [1.165, 1.54) is 28.7 Å². The van der Waals surface area contributed by atoms with Gasteiger partial charge < -0.3 is 35.4 Å². The van der Waals surface area contributed by atoms with Crippen molar-refractivity contribution in [3.63, 3.8) is 0 Å². The number of anilines is 1. The summed E-state index contributed by atoms with van der Waals surface area (Å²) >= 11 is 0. The molecule has 0 radical (unpaired) electrons. The van der Waals surface area contributed by atoms with Crippen molar-refractivity contribution < 1.29 is 39.2 Å². The second-order valence-corrected chi connectivity index (χ2v) is 24.2. The first kappa shape index (κ1) is 50.5. The number of benzene rings is 1. The van der Waals surface area contributed by atoms with Crippen molar-refractivity contribution in [1.29, 1.82) is 0 Å². The third-order valence-corrected chi connectivity index (χ3v) is 21.1. The van der Waals surface area contributed by atoms with Gasteiger partial charge in [0.15, 0.2) is 5.78 Å². The summed E-state index contributed by atoms with van der Waals surface area (Å²) in [6, 6.07) is 9.14. The number of aliphatic carboxylic acids is 1. The Hall–Kier alpha value is -3.49. The normalized spacial score (nSPS) is 40.4. The minimum Gasteiger partial charge on any atom is -0.481 e. The van der Waals surface area contributed by atoms with Gasteiger partial charge in [0.05, 0.1) is 18.8 Å². The number of rotatable bonds is 15. The number of unbranched alkanes of at least 4 members (excludes halogenated alkanes) is 1. The fourth-order valence-corrected chi connectivity index (χ4v) is 17.4. The zero-order valence-corrected chi connectivity index (χ0v) is 42.7. The first-order valence-electron chi connectivity index (χ1n) is 27.3. The van der Waals surface area contributed by atoms with Crippen molar-refractivity contribution in [2.45, 2.75) is 181 Å². The maximum atomic E-state index is 13.5. The summed E-state index contributed by atoms with van der Waals surface area (Å²) < 4.78 is 13.4. The maximum Gasteiger partial charge on any atom is 0.306 e. The lowest BCUT2D eigenvalue weighted by Crippen LogP contribution is -2.63. The molecule has 6 saturated carbocycles. The van der Waals surface area contributed by atoms with Gasteiger partial charge in [0.25, 0.3) is 0 Å². The number of carboxylic acids is 1. The molecule has 0 aromatic heterocycles. The van der Waals surface area contributed by atoms with Crippen molar-refractivity contribution in [1.82, 2.24) is 0 Å². The van der Waals surface area contributed by atoms with Gasteiger partial charge in [-0.1, -0.05) is 51.3 Å². The maximum absolute atomic E-state index is 13.5. The molecule has 5 N–H and O–H groups in total. The highest BCUT2D eigenvalue weighted by Crippen LogP contribution is 2.69.